The van der Waals surface area contributed by atoms with Gasteiger partial charge in [0.2, 0.25) is 0 Å². The Hall–Kier alpha value is -3.90. The van der Waals surface area contributed by atoms with Gasteiger partial charge in [0.15, 0.2) is 0 Å². The van der Waals surface area contributed by atoms with Crippen molar-refractivity contribution in [3.8, 4) is 17.0 Å². The van der Waals surface area contributed by atoms with Crippen molar-refractivity contribution < 1.29 is 30.0 Å². The van der Waals surface area contributed by atoms with Crippen molar-refractivity contribution in [2.24, 2.45) is 17.6 Å². The molecule has 1 aromatic heterocycles. The minimum absolute atomic E-state index is 0.0782. The number of aromatic amines is 1. The zero-order valence-electron chi connectivity index (χ0n) is 21.5. The Kier molecular flexibility index (Phi) is 5.80. The van der Waals surface area contributed by atoms with E-state index < -0.39 is 57.7 Å². The summed E-state index contributed by atoms with van der Waals surface area (Å²) in [5, 5.41) is 52.4. The number of carbonyl (C=O) groups is 2. The molecule has 38 heavy (non-hydrogen) atoms. The number of H-pyrrole nitrogens is 1. The van der Waals surface area contributed by atoms with Crippen molar-refractivity contribution in [3.05, 3.63) is 46.4 Å². The number of nitrogens with one attached hydrogen (secondary N) is 1. The van der Waals surface area contributed by atoms with Crippen LogP contribution in [0, 0.1) is 11.8 Å². The molecular weight excluding hydrogens is 489 g/mol. The van der Waals surface area contributed by atoms with Gasteiger partial charge in [-0.05, 0) is 0 Å². The number of phenolic OH excluding ortho intramolecular Hbond substituents is 1. The van der Waals surface area contributed by atoms with Gasteiger partial charge in [-0.3, -0.25) is 0 Å². The van der Waals surface area contributed by atoms with Crippen molar-refractivity contribution in [1.82, 2.24) is 15.1 Å². The minimum atomic E-state index is -2.41. The van der Waals surface area contributed by atoms with Gasteiger partial charge in [-0.15, -0.1) is 0 Å². The van der Waals surface area contributed by atoms with E-state index in [1.807, 2.05) is 19.0 Å². The number of aromatic nitrogens is 2. The van der Waals surface area contributed by atoms with Gasteiger partial charge in [-0.25, -0.2) is 0 Å². The van der Waals surface area contributed by atoms with E-state index in [1.165, 1.54) is 6.20 Å². The molecule has 1 heterocycles. The summed E-state index contributed by atoms with van der Waals surface area (Å²) in [5.74, 6) is -4.60. The zero-order valence-corrected chi connectivity index (χ0v) is 21.5. The zero-order chi connectivity index (χ0) is 27.8. The third-order valence-corrected chi connectivity index (χ3v) is 8.07. The number of benzene rings is 1. The molecule has 197 valence electrons. The fraction of sp³-hybridized carbons (Fsp3) is 0.385. The average Bonchev–Trinajstić information content (AvgIpc) is 3.35. The van der Waals surface area contributed by atoms with E-state index in [4.69, 9.17) is 13.2 Å². The number of phenols is 1. The number of aliphatic hydroxyl groups excluding tert-OH is 2. The maximum absolute atomic E-state index is 14.1. The number of ketones is 1. The Morgan fingerprint density at radius 1 is 1.24 bits per heavy atom. The van der Waals surface area contributed by atoms with E-state index in [9.17, 15) is 30.0 Å². The summed E-state index contributed by atoms with van der Waals surface area (Å²) < 4.78 is 0. The predicted octanol–water partition coefficient (Wildman–Crippen LogP) is 0.192. The van der Waals surface area contributed by atoms with Gasteiger partial charge in [0, 0.05) is 0 Å². The van der Waals surface area contributed by atoms with Gasteiger partial charge in [0.05, 0.1) is 0 Å². The number of aromatic hydroxyl groups is 1. The molecule has 5 rings (SSSR count). The first kappa shape index (κ1) is 25.7. The van der Waals surface area contributed by atoms with E-state index in [0.717, 1.165) is 5.69 Å². The van der Waals surface area contributed by atoms with Crippen molar-refractivity contribution >= 4 is 36.1 Å². The van der Waals surface area contributed by atoms with Crippen LogP contribution in [-0.2, 0) is 16.0 Å². The number of nitrogens with two attached hydrogens (primary N) is 1. The number of fused-ring (bicyclic) bond motifs is 3. The number of hydrogen-bond donors (Lipinski definition) is 6. The van der Waals surface area contributed by atoms with Crippen LogP contribution in [0.25, 0.3) is 17.0 Å². The Bertz CT molecular complexity index is 1460. The number of aliphatic hydroxyl groups is 3. The monoisotopic (exact) mass is 518 g/mol. The molecule has 0 saturated heterocycles. The first-order chi connectivity index (χ1) is 17.8. The summed E-state index contributed by atoms with van der Waals surface area (Å²) in [6, 6.07) is 2.51. The third kappa shape index (κ3) is 3.29. The summed E-state index contributed by atoms with van der Waals surface area (Å²) in [6.45, 7) is 0. The number of rotatable bonds is 4. The fourth-order valence-electron chi connectivity index (χ4n) is 6.40. The molecule has 1 amide bonds. The molecule has 1 fully saturated rings. The van der Waals surface area contributed by atoms with Crippen LogP contribution in [0.3, 0.4) is 0 Å². The first-order valence-electron chi connectivity index (χ1n) is 12.1. The summed E-state index contributed by atoms with van der Waals surface area (Å²) in [4.78, 5) is 29.7. The van der Waals surface area contributed by atoms with Gasteiger partial charge in [0.1, 0.15) is 0 Å². The topological polar surface area (TPSA) is 176 Å². The quantitative estimate of drug-likeness (QED) is 0.309. The summed E-state index contributed by atoms with van der Waals surface area (Å²) in [7, 11) is 13.1. The number of Topliss-reactive ketones (excluding diaryl/α,β-unsaturated/α-hetero) is 1. The van der Waals surface area contributed by atoms with Crippen LogP contribution in [0.15, 0.2) is 35.2 Å². The van der Waals surface area contributed by atoms with Crippen LogP contribution in [0.1, 0.15) is 17.5 Å². The van der Waals surface area contributed by atoms with Crippen LogP contribution in [0.2, 0.25) is 0 Å². The molecule has 1 aromatic carbocycles. The summed E-state index contributed by atoms with van der Waals surface area (Å²) in [6.07, 6.45) is 1.95. The van der Waals surface area contributed by atoms with Crippen LogP contribution in [0.5, 0.6) is 5.75 Å². The van der Waals surface area contributed by atoms with Crippen LogP contribution < -0.4 is 10.6 Å². The Morgan fingerprint density at radius 2 is 1.92 bits per heavy atom. The second kappa shape index (κ2) is 8.57. The number of amides is 1. The van der Waals surface area contributed by atoms with Crippen molar-refractivity contribution in [2.75, 3.05) is 33.1 Å². The van der Waals surface area contributed by atoms with Crippen molar-refractivity contribution in [1.29, 1.82) is 0 Å². The predicted molar refractivity (Wildman–Crippen MR) is 142 cm³/mol. The first-order valence-corrected chi connectivity index (χ1v) is 12.1. The van der Waals surface area contributed by atoms with Gasteiger partial charge < -0.3 is 0 Å². The van der Waals surface area contributed by atoms with Crippen LogP contribution in [0.4, 0.5) is 5.69 Å². The molecule has 2 aromatic rings. The van der Waals surface area contributed by atoms with Gasteiger partial charge in [-0.1, -0.05) is 0 Å². The number of hydrogen-bond acceptors (Lipinski definition) is 9. The molecule has 7 N–H and O–H groups in total. The SMILES string of the molecule is [B]=C1C(C(N)=O)=C(O)[C@@H](N(C)C)[C@@H]2C[C@@H]3Cc4c(N(C)C)cc(-c5ccn[nH]5)c(O)c4C(O)=C3C(=O)[C@]12O. The van der Waals surface area contributed by atoms with E-state index in [-0.39, 0.29) is 29.7 Å². The van der Waals surface area contributed by atoms with Gasteiger partial charge >= 0.3 is 220 Å². The maximum atomic E-state index is 14.1. The molecule has 0 bridgehead atoms. The number of primary amides is 1. The molecule has 11 nitrogen and oxygen atoms in total. The van der Waals surface area contributed by atoms with Crippen LogP contribution in [-0.4, -0.2) is 100.0 Å². The second-order valence-corrected chi connectivity index (χ2v) is 10.6. The Balaban J connectivity index is 1.76. The molecule has 1 saturated carbocycles. The molecule has 3 aliphatic carbocycles. The molecule has 4 atom stereocenters. The van der Waals surface area contributed by atoms with E-state index in [2.05, 4.69) is 10.2 Å². The molecule has 0 unspecified atom stereocenters. The van der Waals surface area contributed by atoms with E-state index in [0.29, 0.717) is 16.8 Å². The summed E-state index contributed by atoms with van der Waals surface area (Å²) >= 11 is 0. The van der Waals surface area contributed by atoms with E-state index >= 15 is 0 Å². The number of anilines is 1. The van der Waals surface area contributed by atoms with Gasteiger partial charge in [0.25, 0.3) is 0 Å². The van der Waals surface area contributed by atoms with Crippen molar-refractivity contribution in [3.63, 3.8) is 0 Å². The Labute approximate surface area is 219 Å². The molecule has 3 aliphatic rings. The van der Waals surface area contributed by atoms with E-state index in [1.54, 1.807) is 31.1 Å². The normalized spacial score (nSPS) is 26.8. The number of carbonyl (C=O) groups excluding carboxylic acids is 2. The second-order valence-electron chi connectivity index (χ2n) is 10.6. The standard InChI is InChI=1S/C26H29BN5O6/c1-31(2)15-9-11(14-5-6-29-30-14)20(33)17-12(15)7-10-8-13-19(32(3)4)22(35)18(25(28)37)23(27)26(13,38)24(36)16(10)21(17)34/h5-6,9-10,13,19,33-35,38H,7-8H2,1-4H3,(H2,28,37)(H,29,30)/t10-,13-,19-,26+/m0/s1. The molecule has 0 spiro atoms. The number of nitrogens with zero attached hydrogens (tertiary/aromatic N) is 3. The fourth-order valence-corrected chi connectivity index (χ4v) is 6.40. The molecule has 12 heteroatoms. The van der Waals surface area contributed by atoms with Gasteiger partial charge in [-0.2, -0.15) is 0 Å². The molecule has 1 radical (unpaired) electrons. The summed E-state index contributed by atoms with van der Waals surface area (Å²) in [5.41, 5.74) is 4.22. The van der Waals surface area contributed by atoms with Crippen LogP contribution >= 0.6 is 0 Å². The number of likely N-dealkylation sites (N-methyl/N-ethyl adjacent to an activating group) is 1. The molecular formula is C26H29BN5O6. The Morgan fingerprint density at radius 3 is 2.47 bits per heavy atom. The van der Waals surface area contributed by atoms with Crippen molar-refractivity contribution in [2.45, 2.75) is 24.5 Å². The molecule has 0 aliphatic heterocycles. The average molecular weight is 518 g/mol. The third-order valence-electron chi connectivity index (χ3n) is 8.07.